The average Bonchev–Trinajstić information content (AvgIpc) is 3.35. The summed E-state index contributed by atoms with van der Waals surface area (Å²) < 4.78 is 1.60. The van der Waals surface area contributed by atoms with E-state index in [1.165, 1.54) is 12.1 Å². The molecule has 11 heteroatoms. The molecule has 0 radical (unpaired) electrons. The fourth-order valence-electron chi connectivity index (χ4n) is 3.47. The molecular formula is C20H22ClN7O3. The first-order valence-corrected chi connectivity index (χ1v) is 10.3. The van der Waals surface area contributed by atoms with E-state index in [0.29, 0.717) is 31.1 Å². The number of amides is 3. The van der Waals surface area contributed by atoms with Gasteiger partial charge in [0.1, 0.15) is 11.6 Å². The number of anilines is 2. The zero-order valence-electron chi connectivity index (χ0n) is 16.8. The van der Waals surface area contributed by atoms with Crippen molar-refractivity contribution in [1.29, 1.82) is 0 Å². The number of para-hydroxylation sites is 1. The molecule has 1 aliphatic rings. The average molecular weight is 444 g/mol. The minimum Gasteiger partial charge on any atom is -0.506 e. The van der Waals surface area contributed by atoms with Gasteiger partial charge in [-0.1, -0.05) is 17.7 Å². The highest BCUT2D eigenvalue weighted by Gasteiger charge is 2.26. The number of aromatic nitrogens is 3. The molecule has 1 aliphatic heterocycles. The summed E-state index contributed by atoms with van der Waals surface area (Å²) in [5.74, 6) is 0.548. The van der Waals surface area contributed by atoms with Gasteiger partial charge in [-0.05, 0) is 37.6 Å². The highest BCUT2D eigenvalue weighted by Crippen LogP contribution is 2.27. The van der Waals surface area contributed by atoms with E-state index in [1.807, 2.05) is 19.1 Å². The molecule has 3 heterocycles. The van der Waals surface area contributed by atoms with Crippen LogP contribution in [0, 0.1) is 0 Å². The maximum atomic E-state index is 12.5. The Bertz CT molecular complexity index is 1130. The molecular weight excluding hydrogens is 422 g/mol. The number of phenols is 1. The number of aromatic hydroxyl groups is 1. The molecule has 31 heavy (non-hydrogen) atoms. The minimum atomic E-state index is -0.369. The number of nitrogens with one attached hydrogen (secondary N) is 3. The number of urea groups is 1. The van der Waals surface area contributed by atoms with Crippen molar-refractivity contribution in [3.63, 3.8) is 0 Å². The third kappa shape index (κ3) is 4.48. The van der Waals surface area contributed by atoms with E-state index < -0.39 is 0 Å². The van der Waals surface area contributed by atoms with Crippen LogP contribution < -0.4 is 20.9 Å². The molecule has 1 fully saturated rings. The smallest absolute Gasteiger partial charge is 0.320 e. The highest BCUT2D eigenvalue weighted by molar-refractivity contribution is 6.32. The standard InChI is InChI=1S/C20H22ClN7O3/c1-2-22-20(31)25-15-11-28-16(24-15)6-7-17(26-28)27-9-8-12(10-27)23-19(30)13-4-3-5-14(21)18(13)29/h3-7,11-12,29H,2,8-10H2,1H3,(H,23,30)(H2,22,25,31)/t12-/m0/s1. The lowest BCUT2D eigenvalue weighted by Gasteiger charge is -2.18. The summed E-state index contributed by atoms with van der Waals surface area (Å²) >= 11 is 5.89. The maximum absolute atomic E-state index is 12.5. The van der Waals surface area contributed by atoms with Crippen LogP contribution in [-0.4, -0.2) is 57.3 Å². The topological polar surface area (TPSA) is 124 Å². The summed E-state index contributed by atoms with van der Waals surface area (Å²) in [6.45, 7) is 3.64. The lowest BCUT2D eigenvalue weighted by molar-refractivity contribution is 0.0937. The molecule has 0 aliphatic carbocycles. The summed E-state index contributed by atoms with van der Waals surface area (Å²) in [7, 11) is 0. The highest BCUT2D eigenvalue weighted by atomic mass is 35.5. The van der Waals surface area contributed by atoms with Crippen LogP contribution in [0.1, 0.15) is 23.7 Å². The number of fused-ring (bicyclic) bond motifs is 1. The van der Waals surface area contributed by atoms with Gasteiger partial charge in [-0.15, -0.1) is 5.10 Å². The van der Waals surface area contributed by atoms with Crippen LogP contribution in [0.15, 0.2) is 36.5 Å². The zero-order chi connectivity index (χ0) is 22.0. The van der Waals surface area contributed by atoms with Gasteiger partial charge in [0, 0.05) is 25.7 Å². The Hall–Kier alpha value is -3.53. The number of phenolic OH excluding ortho intramolecular Hbond substituents is 1. The van der Waals surface area contributed by atoms with E-state index in [-0.39, 0.29) is 34.3 Å². The zero-order valence-corrected chi connectivity index (χ0v) is 17.6. The fourth-order valence-corrected chi connectivity index (χ4v) is 3.64. The Morgan fingerprint density at radius 3 is 2.94 bits per heavy atom. The Balaban J connectivity index is 1.42. The molecule has 2 aromatic heterocycles. The van der Waals surface area contributed by atoms with Crippen LogP contribution in [0.2, 0.25) is 5.02 Å². The van der Waals surface area contributed by atoms with Gasteiger partial charge < -0.3 is 20.6 Å². The summed E-state index contributed by atoms with van der Waals surface area (Å²) in [4.78, 5) is 30.6. The third-order valence-electron chi connectivity index (χ3n) is 4.96. The van der Waals surface area contributed by atoms with Crippen molar-refractivity contribution in [1.82, 2.24) is 25.2 Å². The number of hydrogen-bond acceptors (Lipinski definition) is 6. The first-order valence-electron chi connectivity index (χ1n) is 9.89. The minimum absolute atomic E-state index is 0.0962. The predicted octanol–water partition coefficient (Wildman–Crippen LogP) is 2.24. The predicted molar refractivity (Wildman–Crippen MR) is 117 cm³/mol. The van der Waals surface area contributed by atoms with Crippen molar-refractivity contribution in [2.24, 2.45) is 0 Å². The van der Waals surface area contributed by atoms with Gasteiger partial charge in [0.2, 0.25) is 0 Å². The second-order valence-electron chi connectivity index (χ2n) is 7.15. The number of hydrogen-bond donors (Lipinski definition) is 4. The van der Waals surface area contributed by atoms with Crippen LogP contribution in [0.5, 0.6) is 5.75 Å². The monoisotopic (exact) mass is 443 g/mol. The number of carbonyl (C=O) groups is 2. The van der Waals surface area contributed by atoms with Crippen LogP contribution in [-0.2, 0) is 0 Å². The quantitative estimate of drug-likeness (QED) is 0.479. The molecule has 0 bridgehead atoms. The van der Waals surface area contributed by atoms with Gasteiger partial charge >= 0.3 is 6.03 Å². The van der Waals surface area contributed by atoms with Gasteiger partial charge in [0.05, 0.1) is 16.8 Å². The number of nitrogens with zero attached hydrogens (tertiary/aromatic N) is 4. The Labute approximate surface area is 183 Å². The molecule has 3 amide bonds. The number of rotatable bonds is 5. The van der Waals surface area contributed by atoms with E-state index in [2.05, 4.69) is 30.9 Å². The maximum Gasteiger partial charge on any atom is 0.320 e. The number of carbonyl (C=O) groups excluding carboxylic acids is 2. The number of benzene rings is 1. The molecule has 0 unspecified atom stereocenters. The van der Waals surface area contributed by atoms with Crippen LogP contribution in [0.25, 0.3) is 5.65 Å². The van der Waals surface area contributed by atoms with Crippen molar-refractivity contribution < 1.29 is 14.7 Å². The molecule has 1 aromatic carbocycles. The molecule has 162 valence electrons. The largest absolute Gasteiger partial charge is 0.506 e. The summed E-state index contributed by atoms with van der Waals surface area (Å²) in [6.07, 6.45) is 2.38. The van der Waals surface area contributed by atoms with Gasteiger partial charge in [0.15, 0.2) is 11.5 Å². The van der Waals surface area contributed by atoms with Crippen molar-refractivity contribution in [2.45, 2.75) is 19.4 Å². The van der Waals surface area contributed by atoms with E-state index in [9.17, 15) is 14.7 Å². The van der Waals surface area contributed by atoms with E-state index in [1.54, 1.807) is 16.8 Å². The van der Waals surface area contributed by atoms with Crippen LogP contribution in [0.4, 0.5) is 16.4 Å². The second kappa shape index (κ2) is 8.68. The first kappa shape index (κ1) is 20.7. The molecule has 10 nitrogen and oxygen atoms in total. The molecule has 0 saturated carbocycles. The molecule has 4 N–H and O–H groups in total. The van der Waals surface area contributed by atoms with Gasteiger partial charge in [-0.3, -0.25) is 10.1 Å². The molecule has 1 saturated heterocycles. The summed E-state index contributed by atoms with van der Waals surface area (Å²) in [5.41, 5.74) is 0.757. The lowest BCUT2D eigenvalue weighted by atomic mass is 10.1. The van der Waals surface area contributed by atoms with Gasteiger partial charge in [-0.25, -0.2) is 14.3 Å². The third-order valence-corrected chi connectivity index (χ3v) is 5.27. The summed E-state index contributed by atoms with van der Waals surface area (Å²) in [5, 5.41) is 23.0. The Morgan fingerprint density at radius 1 is 1.29 bits per heavy atom. The van der Waals surface area contributed by atoms with Crippen molar-refractivity contribution >= 4 is 40.8 Å². The molecule has 1 atom stereocenters. The fraction of sp³-hybridized carbons (Fsp3) is 0.300. The van der Waals surface area contributed by atoms with Crippen molar-refractivity contribution in [2.75, 3.05) is 29.9 Å². The number of imidazole rings is 1. The van der Waals surface area contributed by atoms with E-state index >= 15 is 0 Å². The van der Waals surface area contributed by atoms with Crippen molar-refractivity contribution in [3.05, 3.63) is 47.1 Å². The Kier molecular flexibility index (Phi) is 5.81. The summed E-state index contributed by atoms with van der Waals surface area (Å²) in [6, 6.07) is 7.93. The molecule has 3 aromatic rings. The molecule has 0 spiro atoms. The van der Waals surface area contributed by atoms with E-state index in [0.717, 1.165) is 12.2 Å². The van der Waals surface area contributed by atoms with Crippen LogP contribution >= 0.6 is 11.6 Å². The van der Waals surface area contributed by atoms with Gasteiger partial charge in [0.25, 0.3) is 5.91 Å². The molecule has 4 rings (SSSR count). The van der Waals surface area contributed by atoms with E-state index in [4.69, 9.17) is 11.6 Å². The number of halogens is 1. The van der Waals surface area contributed by atoms with Crippen molar-refractivity contribution in [3.8, 4) is 5.75 Å². The first-order chi connectivity index (χ1) is 14.9. The van der Waals surface area contributed by atoms with Crippen LogP contribution in [0.3, 0.4) is 0 Å². The normalized spacial score (nSPS) is 15.8. The Morgan fingerprint density at radius 2 is 2.13 bits per heavy atom. The lowest BCUT2D eigenvalue weighted by Crippen LogP contribution is -2.37. The second-order valence-corrected chi connectivity index (χ2v) is 7.55. The SMILES string of the molecule is CCNC(=O)Nc1cn2nc(N3CC[C@H](NC(=O)c4cccc(Cl)c4O)C3)ccc2n1. The van der Waals surface area contributed by atoms with Gasteiger partial charge in [-0.2, -0.15) is 0 Å².